The normalized spacial score (nSPS) is 10.5. The maximum Gasteiger partial charge on any atom is 0.349 e. The molecule has 0 fully saturated rings. The fraction of sp³-hybridized carbons (Fsp3) is 0.375. The monoisotopic (exact) mass is 324 g/mol. The molecule has 0 aliphatic carbocycles. The molecular formula is C16H21ClN2O3. The van der Waals surface area contributed by atoms with Crippen LogP contribution in [-0.2, 0) is 0 Å². The first-order valence-electron chi connectivity index (χ1n) is 7.19. The highest BCUT2D eigenvalue weighted by atomic mass is 35.5. The molecule has 2 aromatic rings. The molecule has 0 saturated carbocycles. The Balaban J connectivity index is 0.00000242. The highest BCUT2D eigenvalue weighted by Gasteiger charge is 2.13. The Morgan fingerprint density at radius 3 is 2.59 bits per heavy atom. The van der Waals surface area contributed by atoms with Crippen LogP contribution in [0.25, 0.3) is 11.0 Å². The third kappa shape index (κ3) is 4.32. The zero-order valence-corrected chi connectivity index (χ0v) is 13.6. The van der Waals surface area contributed by atoms with Gasteiger partial charge in [0.2, 0.25) is 0 Å². The highest BCUT2D eigenvalue weighted by molar-refractivity contribution is 5.96. The zero-order valence-electron chi connectivity index (χ0n) is 12.8. The van der Waals surface area contributed by atoms with Crippen LogP contribution in [0.2, 0.25) is 0 Å². The molecule has 22 heavy (non-hydrogen) atoms. The van der Waals surface area contributed by atoms with Gasteiger partial charge in [0.1, 0.15) is 11.1 Å². The van der Waals surface area contributed by atoms with Crippen LogP contribution in [0.15, 0.2) is 39.5 Å². The fourth-order valence-corrected chi connectivity index (χ4v) is 2.18. The summed E-state index contributed by atoms with van der Waals surface area (Å²) in [5, 5.41) is 3.50. The maximum absolute atomic E-state index is 12.1. The minimum Gasteiger partial charge on any atom is -0.422 e. The molecule has 0 radical (unpaired) electrons. The van der Waals surface area contributed by atoms with Crippen LogP contribution in [0, 0.1) is 0 Å². The summed E-state index contributed by atoms with van der Waals surface area (Å²) >= 11 is 0. The van der Waals surface area contributed by atoms with E-state index in [0.717, 1.165) is 25.0 Å². The van der Waals surface area contributed by atoms with Gasteiger partial charge in [-0.1, -0.05) is 32.0 Å². The number of nitrogens with one attached hydrogen (secondary N) is 1. The average molecular weight is 325 g/mol. The van der Waals surface area contributed by atoms with Crippen LogP contribution in [-0.4, -0.2) is 37.0 Å². The number of likely N-dealkylation sites (N-methyl/N-ethyl adjacent to an activating group) is 1. The van der Waals surface area contributed by atoms with Gasteiger partial charge >= 0.3 is 5.63 Å². The molecule has 0 bridgehead atoms. The Labute approximate surface area is 135 Å². The highest BCUT2D eigenvalue weighted by Crippen LogP contribution is 2.12. The van der Waals surface area contributed by atoms with E-state index >= 15 is 0 Å². The molecule has 0 aliphatic heterocycles. The van der Waals surface area contributed by atoms with Gasteiger partial charge in [-0.2, -0.15) is 0 Å². The predicted molar refractivity (Wildman–Crippen MR) is 89.9 cm³/mol. The Morgan fingerprint density at radius 1 is 1.23 bits per heavy atom. The zero-order chi connectivity index (χ0) is 15.2. The van der Waals surface area contributed by atoms with Gasteiger partial charge in [0.05, 0.1) is 0 Å². The number of para-hydroxylation sites is 1. The van der Waals surface area contributed by atoms with Crippen molar-refractivity contribution in [3.8, 4) is 0 Å². The van der Waals surface area contributed by atoms with Crippen molar-refractivity contribution in [3.05, 3.63) is 46.3 Å². The van der Waals surface area contributed by atoms with Crippen molar-refractivity contribution < 1.29 is 9.21 Å². The molecule has 0 atom stereocenters. The minimum absolute atomic E-state index is 0. The Morgan fingerprint density at radius 2 is 1.91 bits per heavy atom. The van der Waals surface area contributed by atoms with Crippen molar-refractivity contribution in [2.75, 3.05) is 26.2 Å². The summed E-state index contributed by atoms with van der Waals surface area (Å²) in [7, 11) is 0. The van der Waals surface area contributed by atoms with Crippen molar-refractivity contribution >= 4 is 29.3 Å². The number of nitrogens with zero attached hydrogens (tertiary/aromatic N) is 1. The van der Waals surface area contributed by atoms with Crippen LogP contribution < -0.4 is 10.9 Å². The number of benzene rings is 1. The molecule has 0 saturated heterocycles. The van der Waals surface area contributed by atoms with Gasteiger partial charge in [-0.15, -0.1) is 12.4 Å². The lowest BCUT2D eigenvalue weighted by molar-refractivity contribution is 0.0945. The summed E-state index contributed by atoms with van der Waals surface area (Å²) in [4.78, 5) is 26.1. The van der Waals surface area contributed by atoms with Crippen LogP contribution in [0.4, 0.5) is 0 Å². The summed E-state index contributed by atoms with van der Waals surface area (Å²) in [5.74, 6) is -0.387. The largest absolute Gasteiger partial charge is 0.422 e. The van der Waals surface area contributed by atoms with Gasteiger partial charge < -0.3 is 14.6 Å². The SMILES string of the molecule is CCN(CC)CCNC(=O)c1cc2ccccc2oc1=O.Cl. The Hall–Kier alpha value is -1.85. The van der Waals surface area contributed by atoms with Gasteiger partial charge in [0.15, 0.2) is 0 Å². The number of carbonyl (C=O) groups excluding carboxylic acids is 1. The van der Waals surface area contributed by atoms with Gasteiger partial charge in [0, 0.05) is 18.5 Å². The number of halogens is 1. The lowest BCUT2D eigenvalue weighted by Gasteiger charge is -2.17. The molecule has 1 aromatic heterocycles. The number of carbonyl (C=O) groups is 1. The van der Waals surface area contributed by atoms with Gasteiger partial charge in [0.25, 0.3) is 5.91 Å². The number of amides is 1. The molecular weight excluding hydrogens is 304 g/mol. The quantitative estimate of drug-likeness (QED) is 0.828. The summed E-state index contributed by atoms with van der Waals surface area (Å²) < 4.78 is 5.16. The second-order valence-corrected chi connectivity index (χ2v) is 4.77. The molecule has 1 amide bonds. The van der Waals surface area contributed by atoms with Crippen LogP contribution in [0.3, 0.4) is 0 Å². The van der Waals surface area contributed by atoms with Gasteiger partial charge in [-0.05, 0) is 25.2 Å². The number of hydrogen-bond donors (Lipinski definition) is 1. The molecule has 6 heteroatoms. The van der Waals surface area contributed by atoms with E-state index in [0.29, 0.717) is 12.1 Å². The topological polar surface area (TPSA) is 62.6 Å². The molecule has 0 unspecified atom stereocenters. The van der Waals surface area contributed by atoms with E-state index in [9.17, 15) is 9.59 Å². The maximum atomic E-state index is 12.1. The number of fused-ring (bicyclic) bond motifs is 1. The van der Waals surface area contributed by atoms with Crippen LogP contribution in [0.1, 0.15) is 24.2 Å². The first-order valence-corrected chi connectivity index (χ1v) is 7.19. The first kappa shape index (κ1) is 18.2. The van der Waals surface area contributed by atoms with Crippen molar-refractivity contribution in [2.45, 2.75) is 13.8 Å². The lowest BCUT2D eigenvalue weighted by Crippen LogP contribution is -2.36. The van der Waals surface area contributed by atoms with E-state index in [-0.39, 0.29) is 23.9 Å². The molecule has 5 nitrogen and oxygen atoms in total. The summed E-state index contributed by atoms with van der Waals surface area (Å²) in [5.41, 5.74) is -0.0653. The fourth-order valence-electron chi connectivity index (χ4n) is 2.18. The van der Waals surface area contributed by atoms with Crippen molar-refractivity contribution in [1.82, 2.24) is 10.2 Å². The minimum atomic E-state index is -0.603. The van der Waals surface area contributed by atoms with Crippen LogP contribution >= 0.6 is 12.4 Å². The first-order chi connectivity index (χ1) is 10.2. The van der Waals surface area contributed by atoms with E-state index in [1.54, 1.807) is 18.2 Å². The molecule has 1 heterocycles. The summed E-state index contributed by atoms with van der Waals surface area (Å²) in [6.45, 7) is 7.28. The standard InChI is InChI=1S/C16H20N2O3.ClH/c1-3-18(4-2)10-9-17-15(19)13-11-12-7-5-6-8-14(12)21-16(13)20;/h5-8,11H,3-4,9-10H2,1-2H3,(H,17,19);1H. The van der Waals surface area contributed by atoms with Crippen molar-refractivity contribution in [2.24, 2.45) is 0 Å². The average Bonchev–Trinajstić information content (AvgIpc) is 2.50. The van der Waals surface area contributed by atoms with E-state index in [2.05, 4.69) is 24.1 Å². The molecule has 0 spiro atoms. The lowest BCUT2D eigenvalue weighted by atomic mass is 10.2. The van der Waals surface area contributed by atoms with E-state index in [4.69, 9.17) is 4.42 Å². The third-order valence-corrected chi connectivity index (χ3v) is 3.49. The smallest absolute Gasteiger partial charge is 0.349 e. The number of rotatable bonds is 6. The summed E-state index contributed by atoms with van der Waals surface area (Å²) in [6, 6.07) is 8.72. The molecule has 1 aromatic carbocycles. The van der Waals surface area contributed by atoms with Crippen LogP contribution in [0.5, 0.6) is 0 Å². The Bertz CT molecular complexity index is 680. The molecule has 1 N–H and O–H groups in total. The predicted octanol–water partition coefficient (Wildman–Crippen LogP) is 2.29. The van der Waals surface area contributed by atoms with E-state index in [1.807, 2.05) is 12.1 Å². The van der Waals surface area contributed by atoms with Crippen molar-refractivity contribution in [1.29, 1.82) is 0 Å². The van der Waals surface area contributed by atoms with Crippen molar-refractivity contribution in [3.63, 3.8) is 0 Å². The third-order valence-electron chi connectivity index (χ3n) is 3.49. The van der Waals surface area contributed by atoms with Gasteiger partial charge in [-0.3, -0.25) is 4.79 Å². The second kappa shape index (κ2) is 8.56. The Kier molecular flexibility index (Phi) is 7.08. The van der Waals surface area contributed by atoms with Gasteiger partial charge in [-0.25, -0.2) is 4.79 Å². The van der Waals surface area contributed by atoms with E-state index in [1.165, 1.54) is 0 Å². The number of hydrogen-bond acceptors (Lipinski definition) is 4. The van der Waals surface area contributed by atoms with E-state index < -0.39 is 5.63 Å². The molecule has 2 rings (SSSR count). The molecule has 120 valence electrons. The molecule has 0 aliphatic rings. The second-order valence-electron chi connectivity index (χ2n) is 4.77. The summed E-state index contributed by atoms with van der Waals surface area (Å²) in [6.07, 6.45) is 0.